The monoisotopic (exact) mass is 337 g/mol. The smallest absolute Gasteiger partial charge is 0.219 e. The number of aryl methyl sites for hydroxylation is 1. The first-order valence-electron chi connectivity index (χ1n) is 8.76. The lowest BCUT2D eigenvalue weighted by Gasteiger charge is -2.10. The quantitative estimate of drug-likeness (QED) is 0.405. The zero-order valence-corrected chi connectivity index (χ0v) is 14.8. The summed E-state index contributed by atoms with van der Waals surface area (Å²) in [6.07, 6.45) is 0. The maximum absolute atomic E-state index is 5.88. The summed E-state index contributed by atoms with van der Waals surface area (Å²) in [4.78, 5) is 0. The molecule has 0 saturated heterocycles. The number of rotatable bonds is 3. The van der Waals surface area contributed by atoms with Gasteiger partial charge in [0.05, 0.1) is 0 Å². The summed E-state index contributed by atoms with van der Waals surface area (Å²) in [6.45, 7) is 2.15. The SMILES string of the molecule is Cc1cc(-c2ccccc2)cc(-c2ccccc2)[n+]1-c1ccc(N)cc1. The van der Waals surface area contributed by atoms with Gasteiger partial charge in [-0.2, -0.15) is 4.57 Å². The summed E-state index contributed by atoms with van der Waals surface area (Å²) in [7, 11) is 0. The van der Waals surface area contributed by atoms with E-state index in [9.17, 15) is 0 Å². The van der Waals surface area contributed by atoms with Gasteiger partial charge in [-0.3, -0.25) is 0 Å². The summed E-state index contributed by atoms with van der Waals surface area (Å²) in [6, 6.07) is 33.5. The number of benzene rings is 3. The highest BCUT2D eigenvalue weighted by Crippen LogP contribution is 2.26. The summed E-state index contributed by atoms with van der Waals surface area (Å²) >= 11 is 0. The molecule has 2 heteroatoms. The van der Waals surface area contributed by atoms with Gasteiger partial charge in [0.2, 0.25) is 11.4 Å². The van der Waals surface area contributed by atoms with Crippen LogP contribution in [0, 0.1) is 6.92 Å². The van der Waals surface area contributed by atoms with E-state index in [2.05, 4.69) is 84.3 Å². The number of anilines is 1. The van der Waals surface area contributed by atoms with E-state index in [0.717, 1.165) is 17.1 Å². The Hall–Kier alpha value is -3.39. The molecule has 2 N–H and O–H groups in total. The number of nitrogens with zero attached hydrogens (tertiary/aromatic N) is 1. The van der Waals surface area contributed by atoms with Crippen LogP contribution in [0.5, 0.6) is 0 Å². The van der Waals surface area contributed by atoms with Crippen molar-refractivity contribution in [2.24, 2.45) is 0 Å². The Kier molecular flexibility index (Phi) is 4.24. The molecule has 0 aliphatic carbocycles. The Morgan fingerprint density at radius 2 is 1.19 bits per heavy atom. The molecule has 4 aromatic rings. The topological polar surface area (TPSA) is 29.9 Å². The molecule has 0 spiro atoms. The van der Waals surface area contributed by atoms with Crippen molar-refractivity contribution >= 4 is 5.69 Å². The van der Waals surface area contributed by atoms with Crippen LogP contribution in [0.3, 0.4) is 0 Å². The summed E-state index contributed by atoms with van der Waals surface area (Å²) in [5.41, 5.74) is 13.7. The fourth-order valence-corrected chi connectivity index (χ4v) is 3.32. The van der Waals surface area contributed by atoms with Gasteiger partial charge in [-0.25, -0.2) is 0 Å². The van der Waals surface area contributed by atoms with Gasteiger partial charge in [0.15, 0.2) is 5.69 Å². The molecule has 0 atom stereocenters. The van der Waals surface area contributed by atoms with E-state index in [1.54, 1.807) is 0 Å². The van der Waals surface area contributed by atoms with Crippen LogP contribution in [-0.2, 0) is 0 Å². The van der Waals surface area contributed by atoms with Crippen LogP contribution in [0.4, 0.5) is 5.69 Å². The zero-order chi connectivity index (χ0) is 17.9. The molecule has 3 aromatic carbocycles. The van der Waals surface area contributed by atoms with Crippen LogP contribution in [-0.4, -0.2) is 0 Å². The van der Waals surface area contributed by atoms with Gasteiger partial charge >= 0.3 is 0 Å². The normalized spacial score (nSPS) is 10.7. The number of pyridine rings is 1. The van der Waals surface area contributed by atoms with Gasteiger partial charge in [-0.15, -0.1) is 0 Å². The molecular formula is C24H21N2+. The molecule has 0 amide bonds. The van der Waals surface area contributed by atoms with Crippen molar-refractivity contribution in [1.29, 1.82) is 0 Å². The second kappa shape index (κ2) is 6.85. The second-order valence-corrected chi connectivity index (χ2v) is 6.43. The molecule has 0 aliphatic rings. The fourth-order valence-electron chi connectivity index (χ4n) is 3.32. The third-order valence-electron chi connectivity index (χ3n) is 4.58. The van der Waals surface area contributed by atoms with Crippen LogP contribution < -0.4 is 10.3 Å². The highest BCUT2D eigenvalue weighted by Gasteiger charge is 2.21. The van der Waals surface area contributed by atoms with Gasteiger partial charge in [0.1, 0.15) is 0 Å². The average molecular weight is 337 g/mol. The van der Waals surface area contributed by atoms with E-state index in [1.807, 2.05) is 24.3 Å². The summed E-state index contributed by atoms with van der Waals surface area (Å²) in [5.74, 6) is 0. The van der Waals surface area contributed by atoms with Crippen LogP contribution in [0.25, 0.3) is 28.1 Å². The van der Waals surface area contributed by atoms with Crippen LogP contribution >= 0.6 is 0 Å². The molecule has 1 aromatic heterocycles. The Morgan fingerprint density at radius 3 is 1.81 bits per heavy atom. The average Bonchev–Trinajstić information content (AvgIpc) is 2.70. The lowest BCUT2D eigenvalue weighted by atomic mass is 10.0. The molecule has 0 bridgehead atoms. The van der Waals surface area contributed by atoms with Gasteiger partial charge in [0, 0.05) is 42.4 Å². The van der Waals surface area contributed by atoms with Crippen LogP contribution in [0.2, 0.25) is 0 Å². The second-order valence-electron chi connectivity index (χ2n) is 6.43. The first-order chi connectivity index (χ1) is 12.7. The Labute approximate surface area is 154 Å². The number of hydrogen-bond donors (Lipinski definition) is 1. The first kappa shape index (κ1) is 16.1. The molecule has 0 aliphatic heterocycles. The first-order valence-corrected chi connectivity index (χ1v) is 8.76. The Morgan fingerprint density at radius 1 is 0.615 bits per heavy atom. The minimum absolute atomic E-state index is 0.772. The largest absolute Gasteiger partial charge is 0.399 e. The van der Waals surface area contributed by atoms with Crippen LogP contribution in [0.15, 0.2) is 97.1 Å². The minimum atomic E-state index is 0.772. The van der Waals surface area contributed by atoms with Crippen molar-refractivity contribution in [3.05, 3.63) is 103 Å². The molecule has 0 saturated carbocycles. The summed E-state index contributed by atoms with van der Waals surface area (Å²) < 4.78 is 2.28. The molecule has 2 nitrogen and oxygen atoms in total. The molecule has 0 unspecified atom stereocenters. The molecule has 26 heavy (non-hydrogen) atoms. The van der Waals surface area contributed by atoms with Gasteiger partial charge in [-0.1, -0.05) is 48.5 Å². The molecule has 0 fully saturated rings. The molecule has 4 rings (SSSR count). The third-order valence-corrected chi connectivity index (χ3v) is 4.58. The zero-order valence-electron chi connectivity index (χ0n) is 14.8. The Balaban J connectivity index is 1.97. The van der Waals surface area contributed by atoms with Gasteiger partial charge < -0.3 is 5.73 Å². The van der Waals surface area contributed by atoms with Crippen molar-refractivity contribution in [3.63, 3.8) is 0 Å². The highest BCUT2D eigenvalue weighted by molar-refractivity contribution is 5.69. The van der Waals surface area contributed by atoms with Crippen molar-refractivity contribution in [2.75, 3.05) is 5.73 Å². The maximum atomic E-state index is 5.88. The van der Waals surface area contributed by atoms with E-state index in [1.165, 1.54) is 22.4 Å². The van der Waals surface area contributed by atoms with E-state index in [0.29, 0.717) is 0 Å². The number of hydrogen-bond acceptors (Lipinski definition) is 1. The number of nitrogen functional groups attached to an aromatic ring is 1. The van der Waals surface area contributed by atoms with Crippen molar-refractivity contribution in [1.82, 2.24) is 0 Å². The molecule has 126 valence electrons. The van der Waals surface area contributed by atoms with Crippen molar-refractivity contribution in [3.8, 4) is 28.1 Å². The van der Waals surface area contributed by atoms with E-state index in [4.69, 9.17) is 5.73 Å². The molecular weight excluding hydrogens is 316 g/mol. The fraction of sp³-hybridized carbons (Fsp3) is 0.0417. The van der Waals surface area contributed by atoms with E-state index < -0.39 is 0 Å². The van der Waals surface area contributed by atoms with Gasteiger partial charge in [-0.05, 0) is 35.4 Å². The maximum Gasteiger partial charge on any atom is 0.219 e. The molecule has 1 heterocycles. The van der Waals surface area contributed by atoms with E-state index >= 15 is 0 Å². The lowest BCUT2D eigenvalue weighted by Crippen LogP contribution is -2.37. The van der Waals surface area contributed by atoms with E-state index in [-0.39, 0.29) is 0 Å². The van der Waals surface area contributed by atoms with Crippen molar-refractivity contribution < 1.29 is 4.57 Å². The predicted molar refractivity (Wildman–Crippen MR) is 108 cm³/mol. The number of aromatic nitrogens is 1. The molecule has 0 radical (unpaired) electrons. The Bertz CT molecular complexity index is 1020. The number of nitrogens with two attached hydrogens (primary N) is 1. The standard InChI is InChI=1S/C24H21N2/c1-18-16-21(19-8-4-2-5-9-19)17-24(20-10-6-3-7-11-20)26(18)23-14-12-22(25)13-15-23/h2-17H,25H2,1H3/q+1. The lowest BCUT2D eigenvalue weighted by molar-refractivity contribution is -0.591. The highest BCUT2D eigenvalue weighted by atomic mass is 15.0. The third kappa shape index (κ3) is 3.09. The van der Waals surface area contributed by atoms with Crippen molar-refractivity contribution in [2.45, 2.75) is 6.92 Å². The van der Waals surface area contributed by atoms with Gasteiger partial charge in [0.25, 0.3) is 0 Å². The summed E-state index contributed by atoms with van der Waals surface area (Å²) in [5, 5.41) is 0. The minimum Gasteiger partial charge on any atom is -0.399 e. The van der Waals surface area contributed by atoms with Crippen LogP contribution in [0.1, 0.15) is 5.69 Å². The predicted octanol–water partition coefficient (Wildman–Crippen LogP) is 5.19.